The lowest BCUT2D eigenvalue weighted by Gasteiger charge is -2.19. The van der Waals surface area contributed by atoms with Crippen LogP contribution in [-0.4, -0.2) is 40.2 Å². The number of hydrogen-bond donors (Lipinski definition) is 1. The maximum atomic E-state index is 13.3. The van der Waals surface area contributed by atoms with Gasteiger partial charge in [-0.05, 0) is 44.4 Å². The molecular formula is C19H23F3N4O. The van der Waals surface area contributed by atoms with Crippen LogP contribution >= 0.6 is 0 Å². The highest BCUT2D eigenvalue weighted by atomic mass is 19.4. The Kier molecular flexibility index (Phi) is 5.43. The number of amides is 1. The molecular weight excluding hydrogens is 357 g/mol. The van der Waals surface area contributed by atoms with Gasteiger partial charge in [-0.2, -0.15) is 18.3 Å². The number of halogens is 3. The van der Waals surface area contributed by atoms with E-state index in [1.165, 1.54) is 4.68 Å². The van der Waals surface area contributed by atoms with Gasteiger partial charge in [0.05, 0.1) is 6.54 Å². The molecule has 0 saturated heterocycles. The summed E-state index contributed by atoms with van der Waals surface area (Å²) in [5.74, 6) is 0.390. The number of anilines is 1. The van der Waals surface area contributed by atoms with Gasteiger partial charge in [-0.3, -0.25) is 4.79 Å². The Bertz CT molecular complexity index is 808. The molecule has 1 aromatic carbocycles. The van der Waals surface area contributed by atoms with Crippen LogP contribution in [0.5, 0.6) is 0 Å². The Morgan fingerprint density at radius 2 is 1.89 bits per heavy atom. The third kappa shape index (κ3) is 3.94. The van der Waals surface area contributed by atoms with E-state index in [0.717, 1.165) is 5.56 Å². The Hall–Kier alpha value is -2.51. The molecule has 3 rings (SSSR count). The Labute approximate surface area is 156 Å². The Balaban J connectivity index is 1.84. The summed E-state index contributed by atoms with van der Waals surface area (Å²) < 4.78 is 41.2. The van der Waals surface area contributed by atoms with E-state index in [4.69, 9.17) is 0 Å². The van der Waals surface area contributed by atoms with Gasteiger partial charge in [0.2, 0.25) is 0 Å². The van der Waals surface area contributed by atoms with Gasteiger partial charge < -0.3 is 10.2 Å². The number of rotatable bonds is 5. The van der Waals surface area contributed by atoms with Crippen LogP contribution < -0.4 is 5.32 Å². The summed E-state index contributed by atoms with van der Waals surface area (Å²) in [7, 11) is 0. The van der Waals surface area contributed by atoms with E-state index in [9.17, 15) is 18.0 Å². The van der Waals surface area contributed by atoms with Crippen LogP contribution in [0.3, 0.4) is 0 Å². The summed E-state index contributed by atoms with van der Waals surface area (Å²) in [6.45, 7) is 5.94. The predicted molar refractivity (Wildman–Crippen MR) is 96.8 cm³/mol. The molecule has 0 fully saturated rings. The first-order valence-corrected chi connectivity index (χ1v) is 9.14. The third-order valence-corrected chi connectivity index (χ3v) is 4.80. The van der Waals surface area contributed by atoms with Crippen LogP contribution in [0.2, 0.25) is 0 Å². The average Bonchev–Trinajstić information content (AvgIpc) is 3.02. The van der Waals surface area contributed by atoms with Crippen molar-refractivity contribution in [3.05, 3.63) is 46.6 Å². The zero-order valence-electron chi connectivity index (χ0n) is 15.4. The molecule has 1 aromatic heterocycles. The van der Waals surface area contributed by atoms with E-state index in [-0.39, 0.29) is 18.0 Å². The van der Waals surface area contributed by atoms with Gasteiger partial charge >= 0.3 is 6.18 Å². The number of benzene rings is 1. The van der Waals surface area contributed by atoms with E-state index < -0.39 is 11.9 Å². The maximum absolute atomic E-state index is 13.3. The van der Waals surface area contributed by atoms with Crippen molar-refractivity contribution < 1.29 is 18.0 Å². The Morgan fingerprint density at radius 3 is 2.48 bits per heavy atom. The minimum Gasteiger partial charge on any atom is -0.370 e. The van der Waals surface area contributed by atoms with Gasteiger partial charge in [0, 0.05) is 30.8 Å². The lowest BCUT2D eigenvalue weighted by molar-refractivity contribution is -0.142. The maximum Gasteiger partial charge on any atom is 0.435 e. The highest BCUT2D eigenvalue weighted by molar-refractivity contribution is 5.94. The van der Waals surface area contributed by atoms with Crippen molar-refractivity contribution >= 4 is 11.7 Å². The number of nitrogens with one attached hydrogen (secondary N) is 1. The van der Waals surface area contributed by atoms with Crippen LogP contribution in [0.25, 0.3) is 0 Å². The zero-order valence-corrected chi connectivity index (χ0v) is 15.4. The first kappa shape index (κ1) is 19.3. The van der Waals surface area contributed by atoms with Gasteiger partial charge in [0.25, 0.3) is 5.91 Å². The number of carbonyl (C=O) groups excluding carboxylic acids is 1. The summed E-state index contributed by atoms with van der Waals surface area (Å²) in [6.07, 6.45) is -3.44. The number of fused-ring (bicyclic) bond motifs is 1. The summed E-state index contributed by atoms with van der Waals surface area (Å²) in [5, 5.41) is 6.87. The van der Waals surface area contributed by atoms with Gasteiger partial charge in [0.15, 0.2) is 5.69 Å². The normalized spacial score (nSPS) is 13.8. The summed E-state index contributed by atoms with van der Waals surface area (Å²) in [6, 6.07) is 6.95. The number of nitrogens with zero attached hydrogens (tertiary/aromatic N) is 3. The molecule has 0 bridgehead atoms. The number of alkyl halides is 3. The molecule has 0 unspecified atom stereocenters. The van der Waals surface area contributed by atoms with Gasteiger partial charge in [-0.1, -0.05) is 12.1 Å². The molecule has 0 radical (unpaired) electrons. The third-order valence-electron chi connectivity index (χ3n) is 4.80. The molecule has 8 heteroatoms. The van der Waals surface area contributed by atoms with Crippen LogP contribution in [0.15, 0.2) is 24.3 Å². The van der Waals surface area contributed by atoms with E-state index in [0.29, 0.717) is 43.9 Å². The number of aromatic nitrogens is 2. The quantitative estimate of drug-likeness (QED) is 0.859. The van der Waals surface area contributed by atoms with Crippen molar-refractivity contribution in [1.29, 1.82) is 0 Å². The van der Waals surface area contributed by atoms with E-state index in [1.807, 2.05) is 13.8 Å². The molecule has 146 valence electrons. The van der Waals surface area contributed by atoms with Gasteiger partial charge in [0.1, 0.15) is 5.82 Å². The summed E-state index contributed by atoms with van der Waals surface area (Å²) in [5.41, 5.74) is 0.789. The van der Waals surface area contributed by atoms with Crippen molar-refractivity contribution in [1.82, 2.24) is 14.7 Å². The second-order valence-electron chi connectivity index (χ2n) is 6.54. The molecule has 0 spiro atoms. The molecule has 5 nitrogen and oxygen atoms in total. The van der Waals surface area contributed by atoms with Crippen LogP contribution in [0.4, 0.5) is 19.0 Å². The molecule has 2 heterocycles. The minimum atomic E-state index is -4.46. The standard InChI is InChI=1S/C19H23F3N4O/c1-3-25(4-2)18(27)14-9-7-13(8-10-14)12-26-17-15(6-5-11-23-17)16(24-26)19(20,21)22/h7-10,23H,3-6,11-12H2,1-2H3. The molecule has 2 aromatic rings. The predicted octanol–water partition coefficient (Wildman–Crippen LogP) is 3.79. The topological polar surface area (TPSA) is 50.2 Å². The largest absolute Gasteiger partial charge is 0.435 e. The SMILES string of the molecule is CCN(CC)C(=O)c1ccc(Cn2nc(C(F)(F)F)c3c2NCCC3)cc1. The molecule has 1 amide bonds. The van der Waals surface area contributed by atoms with E-state index in [1.54, 1.807) is 29.2 Å². The molecule has 1 aliphatic heterocycles. The second kappa shape index (κ2) is 7.62. The summed E-state index contributed by atoms with van der Waals surface area (Å²) >= 11 is 0. The highest BCUT2D eigenvalue weighted by Crippen LogP contribution is 2.37. The molecule has 0 saturated carbocycles. The van der Waals surface area contributed by atoms with Crippen molar-refractivity contribution in [2.24, 2.45) is 0 Å². The number of carbonyl (C=O) groups is 1. The summed E-state index contributed by atoms with van der Waals surface area (Å²) in [4.78, 5) is 14.1. The van der Waals surface area contributed by atoms with Gasteiger partial charge in [-0.25, -0.2) is 4.68 Å². The van der Waals surface area contributed by atoms with Gasteiger partial charge in [-0.15, -0.1) is 0 Å². The van der Waals surface area contributed by atoms with Crippen molar-refractivity contribution in [3.8, 4) is 0 Å². The first-order valence-electron chi connectivity index (χ1n) is 9.14. The van der Waals surface area contributed by atoms with Crippen LogP contribution in [0.1, 0.15) is 47.4 Å². The van der Waals surface area contributed by atoms with E-state index >= 15 is 0 Å². The van der Waals surface area contributed by atoms with Crippen LogP contribution in [-0.2, 0) is 19.1 Å². The molecule has 1 aliphatic rings. The fourth-order valence-electron chi connectivity index (χ4n) is 3.37. The monoisotopic (exact) mass is 380 g/mol. The average molecular weight is 380 g/mol. The highest BCUT2D eigenvalue weighted by Gasteiger charge is 2.39. The second-order valence-corrected chi connectivity index (χ2v) is 6.54. The molecule has 27 heavy (non-hydrogen) atoms. The fraction of sp³-hybridized carbons (Fsp3) is 0.474. The van der Waals surface area contributed by atoms with Crippen molar-refractivity contribution in [2.45, 2.75) is 39.4 Å². The lowest BCUT2D eigenvalue weighted by Crippen LogP contribution is -2.30. The minimum absolute atomic E-state index is 0.0518. The molecule has 0 aliphatic carbocycles. The molecule has 1 N–H and O–H groups in total. The van der Waals surface area contributed by atoms with Crippen molar-refractivity contribution in [2.75, 3.05) is 25.0 Å². The number of hydrogen-bond acceptors (Lipinski definition) is 3. The fourth-order valence-corrected chi connectivity index (χ4v) is 3.37. The van der Waals surface area contributed by atoms with Crippen molar-refractivity contribution in [3.63, 3.8) is 0 Å². The lowest BCUT2D eigenvalue weighted by atomic mass is 10.1. The van der Waals surface area contributed by atoms with E-state index in [2.05, 4.69) is 10.4 Å². The zero-order chi connectivity index (χ0) is 19.6. The Morgan fingerprint density at radius 1 is 1.22 bits per heavy atom. The smallest absolute Gasteiger partial charge is 0.370 e. The first-order chi connectivity index (χ1) is 12.8. The molecule has 0 atom stereocenters. The van der Waals surface area contributed by atoms with Crippen LogP contribution in [0, 0.1) is 0 Å².